The number of pyridine rings is 1. The molecule has 0 unspecified atom stereocenters. The van der Waals surface area contributed by atoms with E-state index in [9.17, 15) is 4.79 Å². The fraction of sp³-hybridized carbons (Fsp3) is 0.143. The second-order valence-electron chi connectivity index (χ2n) is 3.96. The number of para-hydroxylation sites is 1. The van der Waals surface area contributed by atoms with Gasteiger partial charge in [0.2, 0.25) is 5.88 Å². The summed E-state index contributed by atoms with van der Waals surface area (Å²) >= 11 is 0. The Morgan fingerprint density at radius 1 is 1.32 bits per heavy atom. The average Bonchev–Trinajstić information content (AvgIpc) is 2.43. The van der Waals surface area contributed by atoms with E-state index in [1.54, 1.807) is 12.1 Å². The molecule has 0 saturated carbocycles. The van der Waals surface area contributed by atoms with E-state index in [2.05, 4.69) is 9.72 Å². The monoisotopic (exact) mass is 258 g/mol. The molecule has 0 spiro atoms. The number of methoxy groups -OCH3 is 1. The molecule has 0 amide bonds. The number of hydrogen-bond donors (Lipinski definition) is 1. The highest BCUT2D eigenvalue weighted by atomic mass is 16.5. The Labute approximate surface area is 111 Å². The molecule has 0 atom stereocenters. The van der Waals surface area contributed by atoms with Crippen molar-refractivity contribution in [1.82, 2.24) is 4.98 Å². The number of rotatable bonds is 3. The molecule has 1 heterocycles. The Morgan fingerprint density at radius 2 is 2.11 bits per heavy atom. The van der Waals surface area contributed by atoms with Crippen LogP contribution in [-0.2, 0) is 4.74 Å². The largest absolute Gasteiger partial charge is 0.465 e. The number of carbonyl (C=O) groups is 1. The summed E-state index contributed by atoms with van der Waals surface area (Å²) in [4.78, 5) is 15.4. The molecule has 0 aliphatic rings. The van der Waals surface area contributed by atoms with Gasteiger partial charge in [-0.3, -0.25) is 0 Å². The Morgan fingerprint density at radius 3 is 2.84 bits per heavy atom. The molecule has 5 nitrogen and oxygen atoms in total. The first-order valence-electron chi connectivity index (χ1n) is 5.69. The van der Waals surface area contributed by atoms with E-state index in [1.807, 2.05) is 19.1 Å². The first kappa shape index (κ1) is 12.9. The molecule has 0 bridgehead atoms. The van der Waals surface area contributed by atoms with Crippen LogP contribution in [0.25, 0.3) is 0 Å². The lowest BCUT2D eigenvalue weighted by Crippen LogP contribution is -2.02. The molecule has 5 heteroatoms. The van der Waals surface area contributed by atoms with Crippen LogP contribution in [0, 0.1) is 6.92 Å². The van der Waals surface area contributed by atoms with Crippen molar-refractivity contribution in [2.75, 3.05) is 12.8 Å². The van der Waals surface area contributed by atoms with E-state index in [4.69, 9.17) is 10.5 Å². The second-order valence-corrected chi connectivity index (χ2v) is 3.96. The minimum atomic E-state index is -0.440. The highest BCUT2D eigenvalue weighted by Gasteiger charge is 2.09. The molecule has 0 radical (unpaired) electrons. The summed E-state index contributed by atoms with van der Waals surface area (Å²) in [5, 5.41) is 0. The van der Waals surface area contributed by atoms with Gasteiger partial charge in [0.05, 0.1) is 18.4 Å². The van der Waals surface area contributed by atoms with Crippen molar-refractivity contribution in [3.05, 3.63) is 47.7 Å². The SMILES string of the molecule is COC(=O)c1ccnc(Oc2cccc(C)c2N)c1. The van der Waals surface area contributed by atoms with Crippen LogP contribution in [0.3, 0.4) is 0 Å². The Kier molecular flexibility index (Phi) is 3.66. The van der Waals surface area contributed by atoms with Gasteiger partial charge in [-0.1, -0.05) is 12.1 Å². The molecule has 98 valence electrons. The van der Waals surface area contributed by atoms with Gasteiger partial charge < -0.3 is 15.2 Å². The zero-order valence-electron chi connectivity index (χ0n) is 10.7. The number of nitrogens with zero attached hydrogens (tertiary/aromatic N) is 1. The van der Waals surface area contributed by atoms with Crippen LogP contribution in [0.5, 0.6) is 11.6 Å². The minimum absolute atomic E-state index is 0.292. The Hall–Kier alpha value is -2.56. The molecular formula is C14H14N2O3. The molecule has 1 aromatic heterocycles. The number of ether oxygens (including phenoxy) is 2. The second kappa shape index (κ2) is 5.39. The van der Waals surface area contributed by atoms with Gasteiger partial charge in [0.15, 0.2) is 5.75 Å². The molecule has 0 aliphatic heterocycles. The zero-order valence-corrected chi connectivity index (χ0v) is 10.7. The molecule has 19 heavy (non-hydrogen) atoms. The van der Waals surface area contributed by atoms with Crippen LogP contribution in [0.4, 0.5) is 5.69 Å². The zero-order chi connectivity index (χ0) is 13.8. The first-order chi connectivity index (χ1) is 9.11. The molecule has 0 fully saturated rings. The van der Waals surface area contributed by atoms with Crippen LogP contribution in [0.15, 0.2) is 36.5 Å². The number of benzene rings is 1. The highest BCUT2D eigenvalue weighted by Crippen LogP contribution is 2.28. The molecule has 2 aromatic rings. The maximum atomic E-state index is 11.4. The summed E-state index contributed by atoms with van der Waals surface area (Å²) in [6.07, 6.45) is 1.48. The van der Waals surface area contributed by atoms with E-state index in [1.165, 1.54) is 19.4 Å². The topological polar surface area (TPSA) is 74.4 Å². The number of carbonyl (C=O) groups excluding carboxylic acids is 1. The first-order valence-corrected chi connectivity index (χ1v) is 5.69. The third-order valence-corrected chi connectivity index (χ3v) is 2.65. The van der Waals surface area contributed by atoms with Crippen molar-refractivity contribution in [1.29, 1.82) is 0 Å². The van der Waals surface area contributed by atoms with Gasteiger partial charge in [0, 0.05) is 12.3 Å². The number of nitrogens with two attached hydrogens (primary N) is 1. The third-order valence-electron chi connectivity index (χ3n) is 2.65. The summed E-state index contributed by atoms with van der Waals surface area (Å²) in [5.41, 5.74) is 7.75. The Bertz CT molecular complexity index is 611. The van der Waals surface area contributed by atoms with E-state index < -0.39 is 5.97 Å². The summed E-state index contributed by atoms with van der Waals surface area (Å²) in [6, 6.07) is 8.53. The number of aryl methyl sites for hydroxylation is 1. The lowest BCUT2D eigenvalue weighted by Gasteiger charge is -2.09. The highest BCUT2D eigenvalue weighted by molar-refractivity contribution is 5.89. The lowest BCUT2D eigenvalue weighted by molar-refractivity contribution is 0.0600. The van der Waals surface area contributed by atoms with Gasteiger partial charge >= 0.3 is 5.97 Å². The summed E-state index contributed by atoms with van der Waals surface area (Å²) in [5.74, 6) is 0.360. The van der Waals surface area contributed by atoms with Crippen molar-refractivity contribution in [3.63, 3.8) is 0 Å². The van der Waals surface area contributed by atoms with Crippen LogP contribution in [0.1, 0.15) is 15.9 Å². The van der Waals surface area contributed by atoms with Crippen LogP contribution in [-0.4, -0.2) is 18.1 Å². The number of aromatic nitrogens is 1. The van der Waals surface area contributed by atoms with Crippen molar-refractivity contribution >= 4 is 11.7 Å². The predicted octanol–water partition coefficient (Wildman–Crippen LogP) is 2.55. The van der Waals surface area contributed by atoms with Crippen molar-refractivity contribution in [2.24, 2.45) is 0 Å². The number of hydrogen-bond acceptors (Lipinski definition) is 5. The summed E-state index contributed by atoms with van der Waals surface area (Å²) in [7, 11) is 1.32. The van der Waals surface area contributed by atoms with Crippen LogP contribution in [0.2, 0.25) is 0 Å². The fourth-order valence-corrected chi connectivity index (χ4v) is 1.57. The Balaban J connectivity index is 2.28. The summed E-state index contributed by atoms with van der Waals surface area (Å²) < 4.78 is 10.2. The van der Waals surface area contributed by atoms with Gasteiger partial charge in [-0.15, -0.1) is 0 Å². The smallest absolute Gasteiger partial charge is 0.338 e. The fourth-order valence-electron chi connectivity index (χ4n) is 1.57. The van der Waals surface area contributed by atoms with Gasteiger partial charge in [-0.25, -0.2) is 9.78 Å². The standard InChI is InChI=1S/C14H14N2O3/c1-9-4-3-5-11(13(9)15)19-12-8-10(6-7-16-12)14(17)18-2/h3-8H,15H2,1-2H3. The van der Waals surface area contributed by atoms with E-state index in [0.29, 0.717) is 22.9 Å². The summed E-state index contributed by atoms with van der Waals surface area (Å²) in [6.45, 7) is 1.89. The van der Waals surface area contributed by atoms with Crippen molar-refractivity contribution in [2.45, 2.75) is 6.92 Å². The van der Waals surface area contributed by atoms with Crippen molar-refractivity contribution < 1.29 is 14.3 Å². The number of anilines is 1. The number of esters is 1. The molecule has 0 saturated heterocycles. The quantitative estimate of drug-likeness (QED) is 0.676. The molecule has 1 aromatic carbocycles. The molecule has 2 rings (SSSR count). The number of nitrogen functional groups attached to an aromatic ring is 1. The van der Waals surface area contributed by atoms with E-state index in [0.717, 1.165) is 5.56 Å². The van der Waals surface area contributed by atoms with Crippen LogP contribution < -0.4 is 10.5 Å². The molecule has 0 aliphatic carbocycles. The maximum absolute atomic E-state index is 11.4. The van der Waals surface area contributed by atoms with Gasteiger partial charge in [-0.05, 0) is 24.6 Å². The van der Waals surface area contributed by atoms with Gasteiger partial charge in [-0.2, -0.15) is 0 Å². The third kappa shape index (κ3) is 2.82. The maximum Gasteiger partial charge on any atom is 0.338 e. The molecule has 2 N–H and O–H groups in total. The predicted molar refractivity (Wildman–Crippen MR) is 71.2 cm³/mol. The lowest BCUT2D eigenvalue weighted by atomic mass is 10.2. The van der Waals surface area contributed by atoms with Crippen molar-refractivity contribution in [3.8, 4) is 11.6 Å². The molecular weight excluding hydrogens is 244 g/mol. The van der Waals surface area contributed by atoms with Gasteiger partial charge in [0.1, 0.15) is 0 Å². The normalized spacial score (nSPS) is 10.0. The minimum Gasteiger partial charge on any atom is -0.465 e. The average molecular weight is 258 g/mol. The van der Waals surface area contributed by atoms with Gasteiger partial charge in [0.25, 0.3) is 0 Å². The van der Waals surface area contributed by atoms with Crippen LogP contribution >= 0.6 is 0 Å². The van der Waals surface area contributed by atoms with E-state index in [-0.39, 0.29) is 0 Å². The van der Waals surface area contributed by atoms with E-state index >= 15 is 0 Å².